The summed E-state index contributed by atoms with van der Waals surface area (Å²) >= 11 is 0. The summed E-state index contributed by atoms with van der Waals surface area (Å²) in [5.74, 6) is -1.90. The summed E-state index contributed by atoms with van der Waals surface area (Å²) < 4.78 is 16.6. The van der Waals surface area contributed by atoms with E-state index < -0.39 is 36.0 Å². The fourth-order valence-corrected chi connectivity index (χ4v) is 5.63. The highest BCUT2D eigenvalue weighted by atomic mass is 16.5. The Kier molecular flexibility index (Phi) is 23.7. The molecule has 0 bridgehead atoms. The molecule has 0 heterocycles. The second kappa shape index (κ2) is 26.4. The number of amides is 2. The van der Waals surface area contributed by atoms with E-state index in [1.807, 2.05) is 13.8 Å². The molecule has 0 radical (unpaired) electrons. The highest BCUT2D eigenvalue weighted by Crippen LogP contribution is 2.25. The number of hydrogen-bond donors (Lipinski definition) is 2. The molecule has 0 saturated carbocycles. The Balaban J connectivity index is 2.35. The average Bonchev–Trinajstić information content (AvgIpc) is 3.02. The smallest absolute Gasteiger partial charge is 0.333 e. The molecule has 9 heteroatoms. The molecule has 2 N–H and O–H groups in total. The van der Waals surface area contributed by atoms with Crippen molar-refractivity contribution in [3.8, 4) is 0 Å². The van der Waals surface area contributed by atoms with Crippen LogP contribution in [0.2, 0.25) is 0 Å². The molecule has 1 rings (SSSR count). The van der Waals surface area contributed by atoms with Crippen LogP contribution in [0, 0.1) is 0 Å². The van der Waals surface area contributed by atoms with Crippen molar-refractivity contribution in [2.24, 2.45) is 0 Å². The lowest BCUT2D eigenvalue weighted by molar-refractivity contribution is -0.139. The van der Waals surface area contributed by atoms with E-state index in [4.69, 9.17) is 14.2 Å². The molecule has 1 aliphatic rings. The number of ether oxygens (including phenoxy) is 3. The molecule has 1 aliphatic carbocycles. The zero-order chi connectivity index (χ0) is 34.0. The van der Waals surface area contributed by atoms with Crippen molar-refractivity contribution in [2.45, 2.75) is 174 Å². The molecular weight excluding hydrogens is 584 g/mol. The minimum Gasteiger partial charge on any atom is -0.463 e. The third-order valence-corrected chi connectivity index (χ3v) is 8.41. The van der Waals surface area contributed by atoms with E-state index in [1.165, 1.54) is 90.4 Å². The van der Waals surface area contributed by atoms with E-state index in [-0.39, 0.29) is 25.0 Å². The summed E-state index contributed by atoms with van der Waals surface area (Å²) in [7, 11) is 0. The van der Waals surface area contributed by atoms with Crippen molar-refractivity contribution in [2.75, 3.05) is 13.2 Å². The second-order valence-electron chi connectivity index (χ2n) is 12.6. The van der Waals surface area contributed by atoms with Gasteiger partial charge in [-0.05, 0) is 32.8 Å². The average molecular weight is 649 g/mol. The number of carbonyl (C=O) groups is 4. The topological polar surface area (TPSA) is 120 Å². The Morgan fingerprint density at radius 1 is 0.783 bits per heavy atom. The number of nitrogens with one attached hydrogen (secondary N) is 2. The molecule has 264 valence electrons. The number of hydrogen-bond acceptors (Lipinski definition) is 7. The van der Waals surface area contributed by atoms with Crippen LogP contribution in [0.4, 0.5) is 0 Å². The maximum absolute atomic E-state index is 12.8. The molecular formula is C37H64N2O7. The molecule has 2 amide bonds. The molecule has 0 spiro atoms. The van der Waals surface area contributed by atoms with Gasteiger partial charge in [0.1, 0.15) is 0 Å². The quantitative estimate of drug-likeness (QED) is 0.0569. The van der Waals surface area contributed by atoms with Gasteiger partial charge >= 0.3 is 11.9 Å². The van der Waals surface area contributed by atoms with Crippen molar-refractivity contribution >= 4 is 23.8 Å². The predicted molar refractivity (Wildman–Crippen MR) is 183 cm³/mol. The lowest BCUT2D eigenvalue weighted by atomic mass is 9.87. The molecule has 1 unspecified atom stereocenters. The zero-order valence-corrected chi connectivity index (χ0v) is 29.5. The lowest BCUT2D eigenvalue weighted by Crippen LogP contribution is -2.59. The van der Waals surface area contributed by atoms with Crippen LogP contribution in [0.25, 0.3) is 0 Å². The SMILES string of the molecule is CCCCCCCCCCCCCCCCCCOC(=O)/C=C/C(=O)N[C@H]1CC(C(=O)OCC)=C[C@@H](OC(C)CC)[C@@H]1NC(C)=O. The summed E-state index contributed by atoms with van der Waals surface area (Å²) in [6.45, 7) is 9.78. The van der Waals surface area contributed by atoms with Gasteiger partial charge in [-0.1, -0.05) is 110 Å². The number of carbonyl (C=O) groups excluding carboxylic acids is 4. The maximum Gasteiger partial charge on any atom is 0.333 e. The first kappa shape index (κ1) is 41.3. The number of rotatable bonds is 26. The minimum absolute atomic E-state index is 0.139. The third kappa shape index (κ3) is 19.7. The Labute approximate surface area is 279 Å². The lowest BCUT2D eigenvalue weighted by Gasteiger charge is -2.38. The summed E-state index contributed by atoms with van der Waals surface area (Å²) in [6.07, 6.45) is 24.4. The first-order valence-electron chi connectivity index (χ1n) is 18.2. The van der Waals surface area contributed by atoms with Gasteiger partial charge in [-0.25, -0.2) is 9.59 Å². The van der Waals surface area contributed by atoms with Gasteiger partial charge < -0.3 is 24.8 Å². The molecule has 0 aromatic heterocycles. The largest absolute Gasteiger partial charge is 0.463 e. The zero-order valence-electron chi connectivity index (χ0n) is 29.5. The van der Waals surface area contributed by atoms with Crippen molar-refractivity contribution in [1.82, 2.24) is 10.6 Å². The maximum atomic E-state index is 12.8. The van der Waals surface area contributed by atoms with Gasteiger partial charge in [-0.3, -0.25) is 9.59 Å². The van der Waals surface area contributed by atoms with Crippen LogP contribution in [0.5, 0.6) is 0 Å². The van der Waals surface area contributed by atoms with Gasteiger partial charge in [0.25, 0.3) is 0 Å². The Morgan fingerprint density at radius 2 is 1.33 bits per heavy atom. The summed E-state index contributed by atoms with van der Waals surface area (Å²) in [4.78, 5) is 49.5. The van der Waals surface area contributed by atoms with E-state index >= 15 is 0 Å². The molecule has 0 aliphatic heterocycles. The van der Waals surface area contributed by atoms with E-state index in [1.54, 1.807) is 13.0 Å². The Hall–Kier alpha value is -2.68. The van der Waals surface area contributed by atoms with E-state index in [2.05, 4.69) is 17.6 Å². The first-order valence-corrected chi connectivity index (χ1v) is 18.2. The van der Waals surface area contributed by atoms with Gasteiger partial charge in [-0.2, -0.15) is 0 Å². The Bertz CT molecular complexity index is 933. The van der Waals surface area contributed by atoms with Crippen molar-refractivity contribution in [1.29, 1.82) is 0 Å². The fourth-order valence-electron chi connectivity index (χ4n) is 5.63. The van der Waals surface area contributed by atoms with Crippen LogP contribution in [-0.2, 0) is 33.4 Å². The van der Waals surface area contributed by atoms with Crippen molar-refractivity contribution < 1.29 is 33.4 Å². The standard InChI is InChI=1S/C37H64N2O7/c1-6-9-10-11-12-13-14-15-16-17-18-19-20-21-22-23-26-45-35(42)25-24-34(41)39-32-27-31(37(43)44-8-3)28-33(46-29(4)7-2)36(32)38-30(5)40/h24-25,28-29,32-33,36H,6-23,26-27H2,1-5H3,(H,38,40)(H,39,41)/b25-24+/t29?,32-,33+,36+/m0/s1. The second-order valence-corrected chi connectivity index (χ2v) is 12.6. The van der Waals surface area contributed by atoms with Crippen LogP contribution in [0.3, 0.4) is 0 Å². The van der Waals surface area contributed by atoms with Gasteiger partial charge in [0.15, 0.2) is 0 Å². The van der Waals surface area contributed by atoms with Gasteiger partial charge in [0.2, 0.25) is 11.8 Å². The van der Waals surface area contributed by atoms with E-state index in [9.17, 15) is 19.2 Å². The molecule has 4 atom stereocenters. The number of esters is 2. The molecule has 0 aromatic rings. The van der Waals surface area contributed by atoms with Crippen LogP contribution in [0.1, 0.15) is 150 Å². The number of unbranched alkanes of at least 4 members (excludes halogenated alkanes) is 15. The highest BCUT2D eigenvalue weighted by Gasteiger charge is 2.38. The predicted octanol–water partition coefficient (Wildman–Crippen LogP) is 7.41. The van der Waals surface area contributed by atoms with Crippen LogP contribution < -0.4 is 10.6 Å². The van der Waals surface area contributed by atoms with Crippen molar-refractivity contribution in [3.63, 3.8) is 0 Å². The van der Waals surface area contributed by atoms with Crippen LogP contribution >= 0.6 is 0 Å². The Morgan fingerprint density at radius 3 is 1.83 bits per heavy atom. The minimum atomic E-state index is -0.652. The normalized spacial score (nSPS) is 18.5. The third-order valence-electron chi connectivity index (χ3n) is 8.41. The molecule has 0 fully saturated rings. The van der Waals surface area contributed by atoms with Crippen LogP contribution in [-0.4, -0.2) is 61.3 Å². The van der Waals surface area contributed by atoms with Crippen molar-refractivity contribution in [3.05, 3.63) is 23.8 Å². The molecule has 46 heavy (non-hydrogen) atoms. The first-order chi connectivity index (χ1) is 22.2. The molecule has 0 aromatic carbocycles. The van der Waals surface area contributed by atoms with E-state index in [0.717, 1.165) is 37.8 Å². The summed E-state index contributed by atoms with van der Waals surface area (Å²) in [5.41, 5.74) is 0.365. The molecule has 0 saturated heterocycles. The van der Waals surface area contributed by atoms with E-state index in [0.29, 0.717) is 12.2 Å². The van der Waals surface area contributed by atoms with Gasteiger partial charge in [0.05, 0.1) is 37.5 Å². The van der Waals surface area contributed by atoms with Crippen LogP contribution in [0.15, 0.2) is 23.8 Å². The summed E-state index contributed by atoms with van der Waals surface area (Å²) in [5, 5.41) is 5.68. The summed E-state index contributed by atoms with van der Waals surface area (Å²) in [6, 6.07) is -1.26. The monoisotopic (exact) mass is 648 g/mol. The highest BCUT2D eigenvalue weighted by molar-refractivity contribution is 5.95. The van der Waals surface area contributed by atoms with Gasteiger partial charge in [-0.15, -0.1) is 0 Å². The van der Waals surface area contributed by atoms with Gasteiger partial charge in [0, 0.05) is 31.1 Å². The molecule has 9 nitrogen and oxygen atoms in total. The fraction of sp³-hybridized carbons (Fsp3) is 0.784.